The summed E-state index contributed by atoms with van der Waals surface area (Å²) in [4.78, 5) is 11.3. The van der Waals surface area contributed by atoms with Crippen LogP contribution in [0, 0.1) is 5.82 Å². The molecule has 2 bridgehead atoms. The summed E-state index contributed by atoms with van der Waals surface area (Å²) in [5.74, 6) is -0.918. The van der Waals surface area contributed by atoms with Crippen LogP contribution in [-0.2, 0) is 6.18 Å². The lowest BCUT2D eigenvalue weighted by Crippen LogP contribution is -2.35. The van der Waals surface area contributed by atoms with Crippen LogP contribution in [0.15, 0.2) is 72.2 Å². The van der Waals surface area contributed by atoms with Crippen LogP contribution in [0.1, 0.15) is 48.1 Å². The zero-order chi connectivity index (χ0) is 25.9. The minimum Gasteiger partial charge on any atom is -0.361 e. The molecule has 1 aliphatic carbocycles. The summed E-state index contributed by atoms with van der Waals surface area (Å²) in [5.41, 5.74) is 7.82. The van der Waals surface area contributed by atoms with Crippen molar-refractivity contribution in [3.8, 4) is 0 Å². The van der Waals surface area contributed by atoms with E-state index in [0.29, 0.717) is 25.4 Å². The molecule has 1 fully saturated rings. The van der Waals surface area contributed by atoms with E-state index >= 15 is 0 Å². The van der Waals surface area contributed by atoms with Gasteiger partial charge in [0.1, 0.15) is 0 Å². The van der Waals surface area contributed by atoms with Crippen molar-refractivity contribution in [2.75, 3.05) is 29.9 Å². The van der Waals surface area contributed by atoms with Gasteiger partial charge in [0.2, 0.25) is 0 Å². The van der Waals surface area contributed by atoms with Crippen LogP contribution in [0.2, 0.25) is 0 Å². The predicted molar refractivity (Wildman–Crippen MR) is 138 cm³/mol. The molecular weight excluding hydrogens is 480 g/mol. The van der Waals surface area contributed by atoms with E-state index in [2.05, 4.69) is 59.2 Å². The van der Waals surface area contributed by atoms with Crippen molar-refractivity contribution in [3.63, 3.8) is 0 Å². The van der Waals surface area contributed by atoms with Gasteiger partial charge in [-0.25, -0.2) is 9.37 Å². The van der Waals surface area contributed by atoms with Crippen LogP contribution in [-0.4, -0.2) is 30.1 Å². The number of alkyl halides is 3. The van der Waals surface area contributed by atoms with Gasteiger partial charge < -0.3 is 14.8 Å². The van der Waals surface area contributed by atoms with Gasteiger partial charge in [0, 0.05) is 66.7 Å². The number of piperidine rings is 1. The number of nitrogens with zero attached hydrogens (tertiary/aromatic N) is 3. The van der Waals surface area contributed by atoms with E-state index in [1.807, 2.05) is 18.3 Å². The molecular formula is C29H26F4N4. The molecule has 4 nitrogen and oxygen atoms in total. The molecule has 1 N–H and O–H groups in total. The molecule has 3 aliphatic rings. The molecule has 1 unspecified atom stereocenters. The van der Waals surface area contributed by atoms with Gasteiger partial charge in [0.25, 0.3) is 0 Å². The third-order valence-electron chi connectivity index (χ3n) is 7.53. The molecule has 4 heterocycles. The Morgan fingerprint density at radius 2 is 1.92 bits per heavy atom. The SMILES string of the molecule is CC1=CC2C=C(/C(=C3/CCCN(c4ncc(C(F)(F)F)cc4F)C3)N(C)c3ccccc32)c2cc[nH]c21. The predicted octanol–water partition coefficient (Wildman–Crippen LogP) is 7.16. The number of allylic oxidation sites excluding steroid dienone is 4. The average Bonchev–Trinajstić information content (AvgIpc) is 3.28. The van der Waals surface area contributed by atoms with Crippen molar-refractivity contribution >= 4 is 22.7 Å². The van der Waals surface area contributed by atoms with E-state index in [4.69, 9.17) is 0 Å². The fraction of sp³-hybridized carbons (Fsp3) is 0.276. The molecule has 1 aromatic carbocycles. The maximum Gasteiger partial charge on any atom is 0.417 e. The molecule has 0 amide bonds. The summed E-state index contributed by atoms with van der Waals surface area (Å²) in [7, 11) is 2.05. The highest BCUT2D eigenvalue weighted by molar-refractivity contribution is 5.93. The number of H-pyrrole nitrogens is 1. The van der Waals surface area contributed by atoms with Crippen LogP contribution in [0.3, 0.4) is 0 Å². The van der Waals surface area contributed by atoms with Crippen LogP contribution in [0.25, 0.3) is 11.1 Å². The summed E-state index contributed by atoms with van der Waals surface area (Å²) >= 11 is 0. The highest BCUT2D eigenvalue weighted by Gasteiger charge is 2.34. The maximum absolute atomic E-state index is 14.9. The highest BCUT2D eigenvalue weighted by atomic mass is 19.4. The zero-order valence-electron chi connectivity index (χ0n) is 20.5. The second-order valence-electron chi connectivity index (χ2n) is 9.84. The number of likely N-dealkylation sites (N-methyl/N-ethyl adjacent to an activating group) is 1. The van der Waals surface area contributed by atoms with E-state index in [1.165, 1.54) is 11.1 Å². The molecule has 1 atom stereocenters. The van der Waals surface area contributed by atoms with Gasteiger partial charge in [-0.1, -0.05) is 30.4 Å². The van der Waals surface area contributed by atoms with E-state index in [9.17, 15) is 17.6 Å². The number of fused-ring (bicyclic) bond motifs is 5. The summed E-state index contributed by atoms with van der Waals surface area (Å²) in [5, 5.41) is 0. The van der Waals surface area contributed by atoms with Crippen molar-refractivity contribution in [1.82, 2.24) is 9.97 Å². The standard InChI is InChI=1S/C29H26F4N4/c1-17-12-19-13-23(22-9-10-34-26(17)22)27(36(2)25-8-4-3-7-21(19)25)18-6-5-11-37(16-18)28-24(30)14-20(15-35-28)29(31,32)33/h3-4,7-10,12-15,19,34H,5-6,11,16H2,1-2H3/b27-18+. The van der Waals surface area contributed by atoms with Gasteiger partial charge in [0.15, 0.2) is 11.6 Å². The Morgan fingerprint density at radius 3 is 2.70 bits per heavy atom. The summed E-state index contributed by atoms with van der Waals surface area (Å²) in [6.07, 6.45) is 4.13. The first-order valence-corrected chi connectivity index (χ1v) is 12.3. The van der Waals surface area contributed by atoms with Crippen LogP contribution < -0.4 is 9.80 Å². The Bertz CT molecular complexity index is 1480. The van der Waals surface area contributed by atoms with Crippen molar-refractivity contribution in [1.29, 1.82) is 0 Å². The Hall–Kier alpha value is -3.81. The van der Waals surface area contributed by atoms with Crippen molar-refractivity contribution in [2.45, 2.75) is 31.9 Å². The quantitative estimate of drug-likeness (QED) is 0.356. The number of rotatable bonds is 1. The third kappa shape index (κ3) is 3.95. The van der Waals surface area contributed by atoms with Gasteiger partial charge >= 0.3 is 6.18 Å². The second kappa shape index (κ2) is 8.64. The van der Waals surface area contributed by atoms with Gasteiger partial charge in [-0.05, 0) is 54.7 Å². The lowest BCUT2D eigenvalue weighted by atomic mass is 9.92. The van der Waals surface area contributed by atoms with E-state index in [0.717, 1.165) is 46.6 Å². The van der Waals surface area contributed by atoms with Crippen molar-refractivity contribution in [3.05, 3.63) is 100 Å². The minimum absolute atomic E-state index is 0.0463. The molecule has 190 valence electrons. The van der Waals surface area contributed by atoms with Gasteiger partial charge in [-0.2, -0.15) is 13.2 Å². The molecule has 6 rings (SSSR count). The molecule has 37 heavy (non-hydrogen) atoms. The molecule has 1 saturated heterocycles. The summed E-state index contributed by atoms with van der Waals surface area (Å²) in [6, 6.07) is 11.0. The third-order valence-corrected chi connectivity index (χ3v) is 7.53. The number of halogens is 4. The first-order chi connectivity index (χ1) is 17.7. The van der Waals surface area contributed by atoms with Crippen molar-refractivity contribution in [2.24, 2.45) is 0 Å². The Labute approximate surface area is 212 Å². The fourth-order valence-corrected chi connectivity index (χ4v) is 5.84. The smallest absolute Gasteiger partial charge is 0.361 e. The van der Waals surface area contributed by atoms with E-state index in [1.54, 1.807) is 4.90 Å². The summed E-state index contributed by atoms with van der Waals surface area (Å²) < 4.78 is 54.1. The second-order valence-corrected chi connectivity index (χ2v) is 9.84. The molecule has 2 aromatic heterocycles. The van der Waals surface area contributed by atoms with Crippen LogP contribution in [0.5, 0.6) is 0 Å². The Kier molecular flexibility index (Phi) is 5.51. The van der Waals surface area contributed by atoms with E-state index in [-0.39, 0.29) is 11.7 Å². The number of para-hydroxylation sites is 1. The monoisotopic (exact) mass is 506 g/mol. The first kappa shape index (κ1) is 23.6. The number of pyridine rings is 1. The average molecular weight is 507 g/mol. The molecule has 0 saturated carbocycles. The molecule has 3 aromatic rings. The summed E-state index contributed by atoms with van der Waals surface area (Å²) in [6.45, 7) is 3.01. The normalized spacial score (nSPS) is 21.5. The Morgan fingerprint density at radius 1 is 1.11 bits per heavy atom. The van der Waals surface area contributed by atoms with Crippen molar-refractivity contribution < 1.29 is 17.6 Å². The fourth-order valence-electron chi connectivity index (χ4n) is 5.84. The number of benzene rings is 1. The van der Waals surface area contributed by atoms with E-state index < -0.39 is 17.6 Å². The Balaban J connectivity index is 1.48. The van der Waals surface area contributed by atoms with Gasteiger partial charge in [-0.15, -0.1) is 0 Å². The highest BCUT2D eigenvalue weighted by Crippen LogP contribution is 2.47. The largest absolute Gasteiger partial charge is 0.417 e. The number of aromatic nitrogens is 2. The lowest BCUT2D eigenvalue weighted by molar-refractivity contribution is -0.138. The molecule has 8 heteroatoms. The molecule has 0 spiro atoms. The number of aromatic amines is 1. The van der Waals surface area contributed by atoms with Crippen LogP contribution in [0.4, 0.5) is 29.1 Å². The number of hydrogen-bond donors (Lipinski definition) is 1. The molecule has 2 aliphatic heterocycles. The van der Waals surface area contributed by atoms with Crippen LogP contribution >= 0.6 is 0 Å². The number of nitrogens with one attached hydrogen (secondary N) is 1. The number of anilines is 2. The zero-order valence-corrected chi connectivity index (χ0v) is 20.5. The maximum atomic E-state index is 14.9. The topological polar surface area (TPSA) is 35.2 Å². The van der Waals surface area contributed by atoms with Gasteiger partial charge in [0.05, 0.1) is 5.56 Å². The lowest BCUT2D eigenvalue weighted by Gasteiger charge is -2.35. The number of hydrogen-bond acceptors (Lipinski definition) is 3. The minimum atomic E-state index is -4.64. The van der Waals surface area contributed by atoms with Gasteiger partial charge in [-0.3, -0.25) is 0 Å². The first-order valence-electron chi connectivity index (χ1n) is 12.3. The molecule has 0 radical (unpaired) electrons.